The molecule has 2 heterocycles. The molecule has 0 saturated carbocycles. The van der Waals surface area contributed by atoms with E-state index < -0.39 is 0 Å². The maximum atomic E-state index is 5.82. The first kappa shape index (κ1) is 11.9. The van der Waals surface area contributed by atoms with Gasteiger partial charge in [0.05, 0.1) is 16.7 Å². The zero-order valence-electron chi connectivity index (χ0n) is 10.4. The van der Waals surface area contributed by atoms with Crippen LogP contribution in [0.25, 0.3) is 10.1 Å². The lowest BCUT2D eigenvalue weighted by Gasteiger charge is -2.23. The number of aromatic nitrogens is 1. The summed E-state index contributed by atoms with van der Waals surface area (Å²) in [6.45, 7) is 1.91. The number of benzene rings is 1. The molecule has 0 amide bonds. The quantitative estimate of drug-likeness (QED) is 0.918. The maximum Gasteiger partial charge on any atom is 0.233 e. The summed E-state index contributed by atoms with van der Waals surface area (Å²) in [6, 6.07) is 8.86. The fraction of sp³-hybridized carbons (Fsp3) is 0.500. The van der Waals surface area contributed by atoms with Crippen LogP contribution in [-0.4, -0.2) is 23.6 Å². The molecular weight excluding hydrogens is 244 g/mol. The van der Waals surface area contributed by atoms with Crippen LogP contribution in [0.5, 0.6) is 5.88 Å². The molecule has 1 unspecified atom stereocenters. The van der Waals surface area contributed by atoms with Gasteiger partial charge in [0.15, 0.2) is 0 Å². The van der Waals surface area contributed by atoms with Gasteiger partial charge >= 0.3 is 0 Å². The summed E-state index contributed by atoms with van der Waals surface area (Å²) in [5.41, 5.74) is 0. The van der Waals surface area contributed by atoms with Gasteiger partial charge in [0, 0.05) is 6.04 Å². The molecule has 3 rings (SSSR count). The third kappa shape index (κ3) is 2.65. The molecule has 0 bridgehead atoms. The van der Waals surface area contributed by atoms with Crippen molar-refractivity contribution in [2.45, 2.75) is 31.7 Å². The van der Waals surface area contributed by atoms with Crippen LogP contribution in [0.1, 0.15) is 25.7 Å². The SMILES string of the molecule is c1ccc2c(OCCC3CCCCN3)nsc2c1. The molecule has 0 aliphatic carbocycles. The van der Waals surface area contributed by atoms with Gasteiger partial charge < -0.3 is 10.1 Å². The summed E-state index contributed by atoms with van der Waals surface area (Å²) in [5.74, 6) is 0.798. The number of piperidine rings is 1. The second-order valence-corrected chi connectivity index (χ2v) is 5.57. The van der Waals surface area contributed by atoms with Crippen molar-refractivity contribution in [2.24, 2.45) is 0 Å². The molecule has 1 aliphatic heterocycles. The van der Waals surface area contributed by atoms with Crippen LogP contribution in [0.15, 0.2) is 24.3 Å². The monoisotopic (exact) mass is 262 g/mol. The van der Waals surface area contributed by atoms with E-state index in [0.717, 1.165) is 30.8 Å². The summed E-state index contributed by atoms with van der Waals surface area (Å²) < 4.78 is 11.4. The van der Waals surface area contributed by atoms with Gasteiger partial charge in [-0.1, -0.05) is 18.6 Å². The second kappa shape index (κ2) is 5.67. The lowest BCUT2D eigenvalue weighted by molar-refractivity contribution is 0.265. The van der Waals surface area contributed by atoms with E-state index in [-0.39, 0.29) is 0 Å². The molecule has 4 heteroatoms. The van der Waals surface area contributed by atoms with Crippen molar-refractivity contribution in [1.29, 1.82) is 0 Å². The highest BCUT2D eigenvalue weighted by atomic mass is 32.1. The van der Waals surface area contributed by atoms with Gasteiger partial charge in [0.2, 0.25) is 5.88 Å². The average Bonchev–Trinajstić information content (AvgIpc) is 2.84. The van der Waals surface area contributed by atoms with Gasteiger partial charge in [-0.05, 0) is 49.5 Å². The van der Waals surface area contributed by atoms with E-state index in [9.17, 15) is 0 Å². The van der Waals surface area contributed by atoms with Crippen molar-refractivity contribution < 1.29 is 4.74 Å². The Hall–Kier alpha value is -1.13. The molecule has 3 nitrogen and oxygen atoms in total. The lowest BCUT2D eigenvalue weighted by Crippen LogP contribution is -2.35. The zero-order valence-corrected chi connectivity index (χ0v) is 11.2. The molecule has 1 atom stereocenters. The molecule has 1 aliphatic rings. The summed E-state index contributed by atoms with van der Waals surface area (Å²) in [6.07, 6.45) is 5.01. The van der Waals surface area contributed by atoms with Crippen LogP contribution in [0, 0.1) is 0 Å². The molecule has 1 aromatic carbocycles. The van der Waals surface area contributed by atoms with Crippen molar-refractivity contribution in [3.8, 4) is 5.88 Å². The summed E-state index contributed by atoms with van der Waals surface area (Å²) in [5, 5.41) is 4.68. The number of nitrogens with one attached hydrogen (secondary N) is 1. The summed E-state index contributed by atoms with van der Waals surface area (Å²) in [7, 11) is 0. The van der Waals surface area contributed by atoms with Gasteiger partial charge in [-0.2, -0.15) is 4.37 Å². The fourth-order valence-electron chi connectivity index (χ4n) is 2.44. The van der Waals surface area contributed by atoms with Crippen LogP contribution in [0.2, 0.25) is 0 Å². The number of hydrogen-bond donors (Lipinski definition) is 1. The number of fused-ring (bicyclic) bond motifs is 1. The van der Waals surface area contributed by atoms with E-state index in [1.807, 2.05) is 12.1 Å². The fourth-order valence-corrected chi connectivity index (χ4v) is 3.16. The highest BCUT2D eigenvalue weighted by Gasteiger charge is 2.13. The number of nitrogens with zero attached hydrogens (tertiary/aromatic N) is 1. The Bertz CT molecular complexity index is 505. The number of ether oxygens (including phenoxy) is 1. The zero-order chi connectivity index (χ0) is 12.2. The van der Waals surface area contributed by atoms with Crippen molar-refractivity contribution in [1.82, 2.24) is 9.69 Å². The first-order chi connectivity index (χ1) is 8.93. The molecule has 0 spiro atoms. The minimum Gasteiger partial charge on any atom is -0.477 e. The highest BCUT2D eigenvalue weighted by Crippen LogP contribution is 2.28. The Kier molecular flexibility index (Phi) is 3.76. The van der Waals surface area contributed by atoms with E-state index in [1.54, 1.807) is 0 Å². The summed E-state index contributed by atoms with van der Waals surface area (Å²) in [4.78, 5) is 0. The van der Waals surface area contributed by atoms with Crippen LogP contribution in [0.4, 0.5) is 0 Å². The van der Waals surface area contributed by atoms with Gasteiger partial charge in [-0.3, -0.25) is 0 Å². The lowest BCUT2D eigenvalue weighted by atomic mass is 10.0. The Labute approximate surface area is 111 Å². The molecule has 1 fully saturated rings. The van der Waals surface area contributed by atoms with E-state index in [0.29, 0.717) is 6.04 Å². The van der Waals surface area contributed by atoms with Crippen LogP contribution in [-0.2, 0) is 0 Å². The number of hydrogen-bond acceptors (Lipinski definition) is 4. The minimum atomic E-state index is 0.628. The second-order valence-electron chi connectivity index (χ2n) is 4.77. The Morgan fingerprint density at radius 1 is 1.33 bits per heavy atom. The number of rotatable bonds is 4. The van der Waals surface area contributed by atoms with Crippen molar-refractivity contribution >= 4 is 21.6 Å². The highest BCUT2D eigenvalue weighted by molar-refractivity contribution is 7.13. The van der Waals surface area contributed by atoms with Crippen molar-refractivity contribution in [2.75, 3.05) is 13.2 Å². The van der Waals surface area contributed by atoms with Crippen LogP contribution >= 0.6 is 11.5 Å². The third-order valence-electron chi connectivity index (χ3n) is 3.46. The average molecular weight is 262 g/mol. The molecule has 1 saturated heterocycles. The first-order valence-electron chi connectivity index (χ1n) is 6.64. The van der Waals surface area contributed by atoms with E-state index in [4.69, 9.17) is 4.74 Å². The third-order valence-corrected chi connectivity index (χ3v) is 4.27. The van der Waals surface area contributed by atoms with Crippen molar-refractivity contribution in [3.05, 3.63) is 24.3 Å². The van der Waals surface area contributed by atoms with E-state index in [2.05, 4.69) is 21.8 Å². The molecule has 96 valence electrons. The Morgan fingerprint density at radius 2 is 2.28 bits per heavy atom. The summed E-state index contributed by atoms with van der Waals surface area (Å²) >= 11 is 1.51. The standard InChI is InChI=1S/C14H18N2OS/c1-2-7-13-12(6-1)14(16-18-13)17-10-8-11-5-3-4-9-15-11/h1-2,6-7,11,15H,3-5,8-10H2. The maximum absolute atomic E-state index is 5.82. The normalized spacial score (nSPS) is 20.1. The molecule has 2 aromatic rings. The van der Waals surface area contributed by atoms with Crippen molar-refractivity contribution in [3.63, 3.8) is 0 Å². The molecule has 1 aromatic heterocycles. The topological polar surface area (TPSA) is 34.1 Å². The molecule has 1 N–H and O–H groups in total. The Morgan fingerprint density at radius 3 is 3.17 bits per heavy atom. The predicted octanol–water partition coefficient (Wildman–Crippen LogP) is 3.21. The van der Waals surface area contributed by atoms with E-state index >= 15 is 0 Å². The van der Waals surface area contributed by atoms with Gasteiger partial charge in [-0.15, -0.1) is 0 Å². The Balaban J connectivity index is 1.56. The molecule has 0 radical (unpaired) electrons. The van der Waals surface area contributed by atoms with E-state index in [1.165, 1.54) is 35.5 Å². The van der Waals surface area contributed by atoms with Crippen LogP contribution < -0.4 is 10.1 Å². The molecular formula is C14H18N2OS. The van der Waals surface area contributed by atoms with Gasteiger partial charge in [-0.25, -0.2) is 0 Å². The smallest absolute Gasteiger partial charge is 0.233 e. The largest absolute Gasteiger partial charge is 0.477 e. The molecule has 18 heavy (non-hydrogen) atoms. The minimum absolute atomic E-state index is 0.628. The van der Waals surface area contributed by atoms with Crippen LogP contribution in [0.3, 0.4) is 0 Å². The predicted molar refractivity (Wildman–Crippen MR) is 75.4 cm³/mol. The van der Waals surface area contributed by atoms with Gasteiger partial charge in [0.25, 0.3) is 0 Å². The first-order valence-corrected chi connectivity index (χ1v) is 7.41. The van der Waals surface area contributed by atoms with Gasteiger partial charge in [0.1, 0.15) is 0 Å².